The Bertz CT molecular complexity index is 543. The molecule has 0 radical (unpaired) electrons. The van der Waals surface area contributed by atoms with Gasteiger partial charge in [-0.2, -0.15) is 0 Å². The van der Waals surface area contributed by atoms with Gasteiger partial charge in [0, 0.05) is 6.07 Å². The monoisotopic (exact) mass is 234 g/mol. The molecule has 3 rings (SSSR count). The van der Waals surface area contributed by atoms with E-state index in [1.165, 1.54) is 18.6 Å². The number of nitrogens with one attached hydrogen (secondary N) is 1. The summed E-state index contributed by atoms with van der Waals surface area (Å²) in [5, 5.41) is 3.44. The van der Waals surface area contributed by atoms with Crippen LogP contribution in [0.25, 0.3) is 11.1 Å². The Balaban J connectivity index is 2.05. The number of nitrogens with zero attached hydrogens (tertiary/aromatic N) is 1. The number of fused-ring (bicyclic) bond motifs is 1. The lowest BCUT2D eigenvalue weighted by molar-refractivity contribution is 0.232. The van der Waals surface area contributed by atoms with E-state index >= 15 is 0 Å². The molecule has 1 N–H and O–H groups in total. The van der Waals surface area contributed by atoms with Crippen molar-refractivity contribution in [1.29, 1.82) is 0 Å². The van der Waals surface area contributed by atoms with Crippen LogP contribution >= 0.6 is 0 Å². The molecule has 2 heterocycles. The number of hydrogen-bond donors (Lipinski definition) is 1. The molecular weight excluding hydrogens is 219 g/mol. The van der Waals surface area contributed by atoms with E-state index in [4.69, 9.17) is 4.42 Å². The van der Waals surface area contributed by atoms with Crippen LogP contribution in [0.15, 0.2) is 22.6 Å². The molecule has 1 unspecified atom stereocenters. The Hall–Kier alpha value is -1.42. The molecule has 1 saturated heterocycles. The highest BCUT2D eigenvalue weighted by Crippen LogP contribution is 2.31. The van der Waals surface area contributed by atoms with Crippen LogP contribution in [0.1, 0.15) is 32.1 Å². The molecule has 0 saturated carbocycles. The summed E-state index contributed by atoms with van der Waals surface area (Å²) < 4.78 is 18.8. The second-order valence-electron chi connectivity index (χ2n) is 4.85. The number of halogens is 1. The van der Waals surface area contributed by atoms with Crippen molar-refractivity contribution in [2.24, 2.45) is 0 Å². The van der Waals surface area contributed by atoms with E-state index in [9.17, 15) is 4.39 Å². The fourth-order valence-electron chi connectivity index (χ4n) is 2.37. The van der Waals surface area contributed by atoms with E-state index in [-0.39, 0.29) is 11.4 Å². The molecule has 0 bridgehead atoms. The van der Waals surface area contributed by atoms with Gasteiger partial charge >= 0.3 is 0 Å². The molecule has 0 aliphatic carbocycles. The van der Waals surface area contributed by atoms with Crippen molar-refractivity contribution in [2.75, 3.05) is 6.54 Å². The number of benzene rings is 1. The molecule has 0 amide bonds. The van der Waals surface area contributed by atoms with Gasteiger partial charge in [0.25, 0.3) is 0 Å². The summed E-state index contributed by atoms with van der Waals surface area (Å²) in [6.45, 7) is 3.07. The first-order valence-corrected chi connectivity index (χ1v) is 5.99. The fourth-order valence-corrected chi connectivity index (χ4v) is 2.37. The molecule has 3 nitrogen and oxygen atoms in total. The lowest BCUT2D eigenvalue weighted by atomic mass is 9.91. The van der Waals surface area contributed by atoms with Crippen LogP contribution in [0.4, 0.5) is 4.39 Å². The van der Waals surface area contributed by atoms with Crippen molar-refractivity contribution in [1.82, 2.24) is 10.3 Å². The molecule has 1 aromatic carbocycles. The Morgan fingerprint density at radius 2 is 2.29 bits per heavy atom. The number of oxazole rings is 1. The third-order valence-corrected chi connectivity index (χ3v) is 3.44. The molecule has 90 valence electrons. The van der Waals surface area contributed by atoms with Gasteiger partial charge in [0.2, 0.25) is 5.89 Å². The predicted octanol–water partition coefficient (Wildman–Crippen LogP) is 2.96. The third-order valence-electron chi connectivity index (χ3n) is 3.44. The lowest BCUT2D eigenvalue weighted by Crippen LogP contribution is -2.43. The zero-order valence-electron chi connectivity index (χ0n) is 9.79. The Morgan fingerprint density at radius 1 is 1.41 bits per heavy atom. The zero-order valence-corrected chi connectivity index (χ0v) is 9.79. The molecule has 1 aromatic heterocycles. The van der Waals surface area contributed by atoms with Gasteiger partial charge in [0.05, 0.1) is 5.54 Å². The molecule has 1 aliphatic heterocycles. The van der Waals surface area contributed by atoms with Gasteiger partial charge in [-0.15, -0.1) is 0 Å². The van der Waals surface area contributed by atoms with Crippen molar-refractivity contribution in [3.05, 3.63) is 29.9 Å². The highest BCUT2D eigenvalue weighted by Gasteiger charge is 2.33. The summed E-state index contributed by atoms with van der Waals surface area (Å²) in [5.41, 5.74) is 1.02. The molecule has 2 aromatic rings. The van der Waals surface area contributed by atoms with E-state index in [1.807, 2.05) is 0 Å². The molecule has 17 heavy (non-hydrogen) atoms. The molecular formula is C13H15FN2O. The van der Waals surface area contributed by atoms with Crippen molar-refractivity contribution in [2.45, 2.75) is 31.7 Å². The molecule has 4 heteroatoms. The minimum absolute atomic E-state index is 0.215. The van der Waals surface area contributed by atoms with Gasteiger partial charge in [-0.3, -0.25) is 0 Å². The zero-order chi connectivity index (χ0) is 11.9. The minimum atomic E-state index is -0.290. The molecule has 1 atom stereocenters. The summed E-state index contributed by atoms with van der Waals surface area (Å²) in [7, 11) is 0. The summed E-state index contributed by atoms with van der Waals surface area (Å²) >= 11 is 0. The predicted molar refractivity (Wildman–Crippen MR) is 63.2 cm³/mol. The lowest BCUT2D eigenvalue weighted by Gasteiger charge is -2.31. The van der Waals surface area contributed by atoms with Gasteiger partial charge < -0.3 is 9.73 Å². The van der Waals surface area contributed by atoms with Crippen LogP contribution in [0, 0.1) is 5.82 Å². The maximum Gasteiger partial charge on any atom is 0.215 e. The Kier molecular flexibility index (Phi) is 2.40. The largest absolute Gasteiger partial charge is 0.439 e. The maximum atomic E-state index is 13.1. The highest BCUT2D eigenvalue weighted by molar-refractivity contribution is 5.72. The van der Waals surface area contributed by atoms with E-state index in [0.717, 1.165) is 24.9 Å². The topological polar surface area (TPSA) is 38.1 Å². The van der Waals surface area contributed by atoms with Crippen molar-refractivity contribution in [3.63, 3.8) is 0 Å². The maximum absolute atomic E-state index is 13.1. The third kappa shape index (κ3) is 1.82. The Morgan fingerprint density at radius 3 is 3.06 bits per heavy atom. The summed E-state index contributed by atoms with van der Waals surface area (Å²) in [6, 6.07) is 4.45. The normalized spacial score (nSPS) is 25.3. The van der Waals surface area contributed by atoms with Crippen LogP contribution < -0.4 is 5.32 Å². The first-order chi connectivity index (χ1) is 8.17. The number of rotatable bonds is 1. The van der Waals surface area contributed by atoms with Crippen LogP contribution in [0.5, 0.6) is 0 Å². The second-order valence-corrected chi connectivity index (χ2v) is 4.85. The molecule has 1 aliphatic rings. The summed E-state index contributed by atoms with van der Waals surface area (Å²) in [6.07, 6.45) is 3.35. The Labute approximate surface area is 99.0 Å². The summed E-state index contributed by atoms with van der Waals surface area (Å²) in [4.78, 5) is 4.45. The van der Waals surface area contributed by atoms with Gasteiger partial charge in [-0.25, -0.2) is 9.37 Å². The molecule has 0 spiro atoms. The molecule has 1 fully saturated rings. The van der Waals surface area contributed by atoms with Crippen molar-refractivity contribution >= 4 is 11.1 Å². The van der Waals surface area contributed by atoms with E-state index in [2.05, 4.69) is 17.2 Å². The van der Waals surface area contributed by atoms with E-state index in [0.29, 0.717) is 11.5 Å². The first kappa shape index (κ1) is 10.7. The number of piperidine rings is 1. The van der Waals surface area contributed by atoms with E-state index in [1.54, 1.807) is 6.07 Å². The first-order valence-electron chi connectivity index (χ1n) is 5.99. The average Bonchev–Trinajstić information content (AvgIpc) is 2.73. The van der Waals surface area contributed by atoms with Gasteiger partial charge in [0.1, 0.15) is 11.3 Å². The second kappa shape index (κ2) is 3.81. The number of aromatic nitrogens is 1. The minimum Gasteiger partial charge on any atom is -0.439 e. The highest BCUT2D eigenvalue weighted by atomic mass is 19.1. The summed E-state index contributed by atoms with van der Waals surface area (Å²) in [5.74, 6) is 0.375. The van der Waals surface area contributed by atoms with Crippen LogP contribution in [-0.4, -0.2) is 11.5 Å². The average molecular weight is 234 g/mol. The SMILES string of the molecule is CC1(c2nc3ccc(F)cc3o2)CCCCN1. The van der Waals surface area contributed by atoms with Crippen molar-refractivity contribution in [3.8, 4) is 0 Å². The van der Waals surface area contributed by atoms with E-state index < -0.39 is 0 Å². The van der Waals surface area contributed by atoms with Crippen LogP contribution in [0.3, 0.4) is 0 Å². The van der Waals surface area contributed by atoms with Gasteiger partial charge in [-0.1, -0.05) is 0 Å². The van der Waals surface area contributed by atoms with Crippen molar-refractivity contribution < 1.29 is 8.81 Å². The quantitative estimate of drug-likeness (QED) is 0.824. The van der Waals surface area contributed by atoms with Gasteiger partial charge in [-0.05, 0) is 44.9 Å². The number of hydrogen-bond acceptors (Lipinski definition) is 3. The van der Waals surface area contributed by atoms with Crippen LogP contribution in [0.2, 0.25) is 0 Å². The smallest absolute Gasteiger partial charge is 0.215 e. The van der Waals surface area contributed by atoms with Gasteiger partial charge in [0.15, 0.2) is 5.58 Å². The standard InChI is InChI=1S/C13H15FN2O/c1-13(6-2-3-7-15-13)12-16-10-5-4-9(14)8-11(10)17-12/h4-5,8,15H,2-3,6-7H2,1H3. The van der Waals surface area contributed by atoms with Crippen LogP contribution in [-0.2, 0) is 5.54 Å². The fraction of sp³-hybridized carbons (Fsp3) is 0.462.